The second-order valence-electron chi connectivity index (χ2n) is 4.98. The van der Waals surface area contributed by atoms with Crippen LogP contribution in [0.15, 0.2) is 0 Å². The van der Waals surface area contributed by atoms with E-state index in [1.807, 2.05) is 0 Å². The van der Waals surface area contributed by atoms with Crippen LogP contribution in [0.2, 0.25) is 0 Å². The normalized spacial score (nSPS) is 44.6. The molecular formula is C10H14FNO3. The van der Waals surface area contributed by atoms with Crippen LogP contribution >= 0.6 is 0 Å². The van der Waals surface area contributed by atoms with Crippen LogP contribution in [0.5, 0.6) is 0 Å². The van der Waals surface area contributed by atoms with Crippen molar-refractivity contribution in [1.29, 1.82) is 0 Å². The van der Waals surface area contributed by atoms with Crippen LogP contribution in [0.25, 0.3) is 0 Å². The first-order valence-corrected chi connectivity index (χ1v) is 5.01. The zero-order valence-electron chi connectivity index (χ0n) is 8.79. The topological polar surface area (TPSA) is 57.6 Å². The Morgan fingerprint density at radius 2 is 2.13 bits per heavy atom. The maximum atomic E-state index is 13.8. The van der Waals surface area contributed by atoms with Crippen molar-refractivity contribution < 1.29 is 19.1 Å². The van der Waals surface area contributed by atoms with Crippen molar-refractivity contribution in [2.45, 2.75) is 50.4 Å². The first-order valence-electron chi connectivity index (χ1n) is 5.01. The van der Waals surface area contributed by atoms with Crippen molar-refractivity contribution >= 4 is 11.9 Å². The van der Waals surface area contributed by atoms with Gasteiger partial charge in [-0.1, -0.05) is 0 Å². The number of Topliss-reactive ketones (excluding diaryl/α,β-unsaturated/α-hetero) is 1. The van der Waals surface area contributed by atoms with E-state index in [-0.39, 0.29) is 6.42 Å². The molecule has 0 unspecified atom stereocenters. The average Bonchev–Trinajstić information content (AvgIpc) is 2.33. The third-order valence-corrected chi connectivity index (χ3v) is 3.80. The molecule has 2 saturated heterocycles. The Morgan fingerprint density at radius 3 is 2.67 bits per heavy atom. The SMILES string of the molecule is C[C@@]12CC[C@@](C)([C@H](F)C(=O)C1)N2C(=O)O. The fourth-order valence-electron chi connectivity index (χ4n) is 3.03. The highest BCUT2D eigenvalue weighted by atomic mass is 19.1. The largest absolute Gasteiger partial charge is 0.465 e. The summed E-state index contributed by atoms with van der Waals surface area (Å²) >= 11 is 0. The summed E-state index contributed by atoms with van der Waals surface area (Å²) in [4.78, 5) is 23.7. The van der Waals surface area contributed by atoms with Gasteiger partial charge in [-0.2, -0.15) is 0 Å². The van der Waals surface area contributed by atoms with E-state index in [1.165, 1.54) is 6.92 Å². The van der Waals surface area contributed by atoms with E-state index < -0.39 is 29.1 Å². The summed E-state index contributed by atoms with van der Waals surface area (Å²) in [6.45, 7) is 3.24. The highest BCUT2D eigenvalue weighted by Gasteiger charge is 2.63. The summed E-state index contributed by atoms with van der Waals surface area (Å²) in [5, 5.41) is 9.10. The molecule has 0 saturated carbocycles. The average molecular weight is 215 g/mol. The lowest BCUT2D eigenvalue weighted by atomic mass is 9.83. The van der Waals surface area contributed by atoms with Gasteiger partial charge in [0, 0.05) is 6.42 Å². The molecule has 5 heteroatoms. The van der Waals surface area contributed by atoms with Gasteiger partial charge in [-0.15, -0.1) is 0 Å². The second kappa shape index (κ2) is 2.71. The second-order valence-corrected chi connectivity index (χ2v) is 4.98. The summed E-state index contributed by atoms with van der Waals surface area (Å²) in [6, 6.07) is 0. The number of carbonyl (C=O) groups is 2. The van der Waals surface area contributed by atoms with Crippen LogP contribution in [0.3, 0.4) is 0 Å². The van der Waals surface area contributed by atoms with Crippen molar-refractivity contribution in [1.82, 2.24) is 4.90 Å². The number of hydrogen-bond donors (Lipinski definition) is 1. The monoisotopic (exact) mass is 215 g/mol. The van der Waals surface area contributed by atoms with E-state index in [2.05, 4.69) is 0 Å². The first kappa shape index (κ1) is 10.4. The van der Waals surface area contributed by atoms with Crippen molar-refractivity contribution in [2.75, 3.05) is 0 Å². The third kappa shape index (κ3) is 1.12. The van der Waals surface area contributed by atoms with Crippen molar-refractivity contribution in [3.8, 4) is 0 Å². The van der Waals surface area contributed by atoms with Gasteiger partial charge in [-0.3, -0.25) is 9.69 Å². The first-order chi connectivity index (χ1) is 6.81. The van der Waals surface area contributed by atoms with Crippen molar-refractivity contribution in [3.05, 3.63) is 0 Å². The maximum Gasteiger partial charge on any atom is 0.408 e. The van der Waals surface area contributed by atoms with Gasteiger partial charge >= 0.3 is 6.09 Å². The molecule has 84 valence electrons. The Balaban J connectivity index is 2.49. The Bertz CT molecular complexity index is 346. The molecule has 2 bridgehead atoms. The van der Waals surface area contributed by atoms with Gasteiger partial charge in [0.15, 0.2) is 12.0 Å². The predicted molar refractivity (Wildman–Crippen MR) is 50.4 cm³/mol. The lowest BCUT2D eigenvalue weighted by Crippen LogP contribution is -2.64. The lowest BCUT2D eigenvalue weighted by molar-refractivity contribution is -0.137. The molecule has 2 fully saturated rings. The Kier molecular flexibility index (Phi) is 1.88. The minimum absolute atomic E-state index is 0.00391. The van der Waals surface area contributed by atoms with Crippen LogP contribution < -0.4 is 0 Å². The number of ketones is 1. The number of halogens is 1. The summed E-state index contributed by atoms with van der Waals surface area (Å²) in [6.07, 6.45) is -1.84. The molecule has 0 aromatic carbocycles. The van der Waals surface area contributed by atoms with Crippen LogP contribution in [0.4, 0.5) is 9.18 Å². The number of amides is 1. The van der Waals surface area contributed by atoms with Crippen molar-refractivity contribution in [2.24, 2.45) is 0 Å². The summed E-state index contributed by atoms with van der Waals surface area (Å²) in [7, 11) is 0. The maximum absolute atomic E-state index is 13.8. The van der Waals surface area contributed by atoms with Gasteiger partial charge in [-0.25, -0.2) is 9.18 Å². The molecule has 3 atom stereocenters. The summed E-state index contributed by atoms with van der Waals surface area (Å²) in [5.41, 5.74) is -1.86. The minimum Gasteiger partial charge on any atom is -0.465 e. The van der Waals surface area contributed by atoms with Gasteiger partial charge < -0.3 is 5.11 Å². The molecular weight excluding hydrogens is 201 g/mol. The number of piperidine rings is 1. The van der Waals surface area contributed by atoms with Crippen LogP contribution in [0, 0.1) is 0 Å². The Morgan fingerprint density at radius 1 is 1.53 bits per heavy atom. The third-order valence-electron chi connectivity index (χ3n) is 3.80. The molecule has 2 rings (SSSR count). The van der Waals surface area contributed by atoms with Gasteiger partial charge in [0.2, 0.25) is 0 Å². The van der Waals surface area contributed by atoms with Gasteiger partial charge in [-0.05, 0) is 26.7 Å². The molecule has 0 radical (unpaired) electrons. The van der Waals surface area contributed by atoms with Gasteiger partial charge in [0.05, 0.1) is 11.1 Å². The van der Waals surface area contributed by atoms with E-state index in [1.54, 1.807) is 6.92 Å². The number of fused-ring (bicyclic) bond motifs is 2. The lowest BCUT2D eigenvalue weighted by Gasteiger charge is -2.47. The van der Waals surface area contributed by atoms with E-state index in [0.717, 1.165) is 4.90 Å². The molecule has 1 amide bonds. The fraction of sp³-hybridized carbons (Fsp3) is 0.800. The summed E-state index contributed by atoms with van der Waals surface area (Å²) < 4.78 is 13.8. The molecule has 0 spiro atoms. The zero-order chi connectivity index (χ0) is 11.4. The van der Waals surface area contributed by atoms with E-state index in [4.69, 9.17) is 5.11 Å². The van der Waals surface area contributed by atoms with E-state index in [9.17, 15) is 14.0 Å². The molecule has 0 aromatic rings. The fourth-order valence-corrected chi connectivity index (χ4v) is 3.03. The van der Waals surface area contributed by atoms with Gasteiger partial charge in [0.1, 0.15) is 0 Å². The van der Waals surface area contributed by atoms with Crippen LogP contribution in [-0.2, 0) is 4.79 Å². The number of carbonyl (C=O) groups excluding carboxylic acids is 1. The highest BCUT2D eigenvalue weighted by molar-refractivity contribution is 5.89. The number of nitrogens with zero attached hydrogens (tertiary/aromatic N) is 1. The smallest absolute Gasteiger partial charge is 0.408 e. The highest BCUT2D eigenvalue weighted by Crippen LogP contribution is 2.50. The molecule has 2 aliphatic rings. The summed E-state index contributed by atoms with van der Waals surface area (Å²) in [5.74, 6) is -0.463. The predicted octanol–water partition coefficient (Wildman–Crippen LogP) is 1.59. The number of rotatable bonds is 0. The molecule has 2 aliphatic heterocycles. The molecule has 0 aromatic heterocycles. The van der Waals surface area contributed by atoms with Crippen LogP contribution in [0.1, 0.15) is 33.1 Å². The molecule has 1 N–H and O–H groups in total. The Labute approximate surface area is 87.1 Å². The molecule has 4 nitrogen and oxygen atoms in total. The standard InChI is InChI=1S/C10H14FNO3/c1-9-3-4-10(2,12(9)8(14)15)7(11)6(13)5-9/h7H,3-5H2,1-2H3,(H,14,15)/t7-,9-,10+/m1/s1. The molecule has 0 aliphatic carbocycles. The number of alkyl halides is 1. The van der Waals surface area contributed by atoms with Gasteiger partial charge in [0.25, 0.3) is 0 Å². The molecule has 15 heavy (non-hydrogen) atoms. The van der Waals surface area contributed by atoms with Crippen molar-refractivity contribution in [3.63, 3.8) is 0 Å². The number of hydrogen-bond acceptors (Lipinski definition) is 2. The van der Waals surface area contributed by atoms with E-state index >= 15 is 0 Å². The Hall–Kier alpha value is -1.13. The van der Waals surface area contributed by atoms with Crippen LogP contribution in [-0.4, -0.2) is 39.1 Å². The quantitative estimate of drug-likeness (QED) is 0.667. The zero-order valence-corrected chi connectivity index (χ0v) is 8.79. The minimum atomic E-state index is -1.68. The van der Waals surface area contributed by atoms with E-state index in [0.29, 0.717) is 12.8 Å². The number of carboxylic acid groups (broad SMARTS) is 1. The molecule has 2 heterocycles.